The number of halogens is 1. The number of nitrogens with two attached hydrogens (primary N) is 1. The van der Waals surface area contributed by atoms with Gasteiger partial charge in [-0.3, -0.25) is 4.98 Å². The van der Waals surface area contributed by atoms with Crippen molar-refractivity contribution in [2.75, 3.05) is 5.73 Å². The van der Waals surface area contributed by atoms with Crippen LogP contribution in [0.1, 0.15) is 0 Å². The molecule has 4 heterocycles. The zero-order chi connectivity index (χ0) is 19.1. The normalized spacial score (nSPS) is 11.2. The number of nitrogens with zero attached hydrogens (tertiary/aromatic N) is 4. The molecule has 5 aromatic rings. The topological polar surface area (TPSA) is 77.6 Å². The van der Waals surface area contributed by atoms with Crippen LogP contribution in [0.4, 0.5) is 10.2 Å². The molecule has 0 fully saturated rings. The van der Waals surface area contributed by atoms with Crippen LogP contribution in [-0.4, -0.2) is 19.9 Å². The van der Waals surface area contributed by atoms with Crippen LogP contribution in [0.25, 0.3) is 44.3 Å². The molecule has 0 aliphatic heterocycles. The second-order valence-corrected chi connectivity index (χ2v) is 6.36. The Hall–Kier alpha value is -3.93. The van der Waals surface area contributed by atoms with Gasteiger partial charge in [0.1, 0.15) is 17.2 Å². The first-order valence-electron chi connectivity index (χ1n) is 8.72. The summed E-state index contributed by atoms with van der Waals surface area (Å²) < 4.78 is 14.4. The van der Waals surface area contributed by atoms with Gasteiger partial charge in [0.15, 0.2) is 5.65 Å². The number of fused-ring (bicyclic) bond motifs is 2. The molecule has 1 aromatic carbocycles. The number of pyridine rings is 4. The molecule has 0 radical (unpaired) electrons. The molecule has 0 saturated carbocycles. The molecule has 0 aliphatic carbocycles. The van der Waals surface area contributed by atoms with Gasteiger partial charge >= 0.3 is 0 Å². The Balaban J connectivity index is 1.88. The molecule has 134 valence electrons. The highest BCUT2D eigenvalue weighted by Crippen LogP contribution is 2.36. The van der Waals surface area contributed by atoms with E-state index in [1.807, 2.05) is 30.3 Å². The predicted molar refractivity (Wildman–Crippen MR) is 108 cm³/mol. The first-order chi connectivity index (χ1) is 13.7. The van der Waals surface area contributed by atoms with E-state index in [0.29, 0.717) is 28.2 Å². The standard InChI is InChI=1S/C22H14FN5/c23-18-6-2-1-4-16(18)19-12-17(15-5-3-9-27-22(15)28-19)13-7-10-25-20-14(13)8-11-26-21(20)24/h1-12H,(H2,24,26). The Labute approximate surface area is 159 Å². The van der Waals surface area contributed by atoms with Crippen molar-refractivity contribution in [1.82, 2.24) is 19.9 Å². The van der Waals surface area contributed by atoms with E-state index in [-0.39, 0.29) is 5.82 Å². The second kappa shape index (κ2) is 6.35. The Morgan fingerprint density at radius 2 is 1.57 bits per heavy atom. The molecule has 0 amide bonds. The number of rotatable bonds is 2. The Bertz CT molecular complexity index is 1350. The third-order valence-electron chi connectivity index (χ3n) is 4.71. The zero-order valence-electron chi connectivity index (χ0n) is 14.7. The summed E-state index contributed by atoms with van der Waals surface area (Å²) in [5.41, 5.74) is 9.93. The largest absolute Gasteiger partial charge is 0.382 e. The second-order valence-electron chi connectivity index (χ2n) is 6.36. The van der Waals surface area contributed by atoms with Crippen molar-refractivity contribution in [3.63, 3.8) is 0 Å². The average molecular weight is 367 g/mol. The fourth-order valence-corrected chi connectivity index (χ4v) is 3.42. The maximum Gasteiger partial charge on any atom is 0.160 e. The van der Waals surface area contributed by atoms with Gasteiger partial charge in [0.25, 0.3) is 0 Å². The van der Waals surface area contributed by atoms with E-state index >= 15 is 0 Å². The first-order valence-corrected chi connectivity index (χ1v) is 8.72. The minimum Gasteiger partial charge on any atom is -0.382 e. The number of aromatic nitrogens is 4. The van der Waals surface area contributed by atoms with Gasteiger partial charge < -0.3 is 5.73 Å². The molecule has 6 heteroatoms. The Morgan fingerprint density at radius 3 is 2.46 bits per heavy atom. The van der Waals surface area contributed by atoms with E-state index in [1.165, 1.54) is 6.07 Å². The van der Waals surface area contributed by atoms with Gasteiger partial charge in [-0.05, 0) is 53.6 Å². The van der Waals surface area contributed by atoms with E-state index in [4.69, 9.17) is 5.73 Å². The van der Waals surface area contributed by atoms with Crippen molar-refractivity contribution in [3.05, 3.63) is 79.0 Å². The van der Waals surface area contributed by atoms with Gasteiger partial charge in [0.05, 0.1) is 5.69 Å². The SMILES string of the molecule is Nc1nccc2c(-c3cc(-c4ccccc4F)nc4ncccc34)ccnc12. The smallest absolute Gasteiger partial charge is 0.160 e. The molecule has 4 aromatic heterocycles. The van der Waals surface area contributed by atoms with E-state index in [0.717, 1.165) is 21.9 Å². The lowest BCUT2D eigenvalue weighted by Gasteiger charge is -2.12. The minimum atomic E-state index is -0.329. The van der Waals surface area contributed by atoms with Crippen LogP contribution in [0.2, 0.25) is 0 Å². The summed E-state index contributed by atoms with van der Waals surface area (Å²) in [6.45, 7) is 0. The molecule has 2 N–H and O–H groups in total. The summed E-state index contributed by atoms with van der Waals surface area (Å²) in [4.78, 5) is 17.5. The lowest BCUT2D eigenvalue weighted by Crippen LogP contribution is -1.96. The van der Waals surface area contributed by atoms with Crippen molar-refractivity contribution < 1.29 is 4.39 Å². The number of hydrogen-bond donors (Lipinski definition) is 1. The Kier molecular flexibility index (Phi) is 3.69. The fourth-order valence-electron chi connectivity index (χ4n) is 3.42. The van der Waals surface area contributed by atoms with Gasteiger partial charge in [0.2, 0.25) is 0 Å². The van der Waals surface area contributed by atoms with E-state index in [2.05, 4.69) is 19.9 Å². The predicted octanol–water partition coefficient (Wildman–Crippen LogP) is 4.63. The molecule has 0 unspecified atom stereocenters. The molecule has 28 heavy (non-hydrogen) atoms. The van der Waals surface area contributed by atoms with Gasteiger partial charge in [-0.25, -0.2) is 19.3 Å². The highest BCUT2D eigenvalue weighted by molar-refractivity contribution is 6.05. The van der Waals surface area contributed by atoms with Crippen LogP contribution in [0.3, 0.4) is 0 Å². The lowest BCUT2D eigenvalue weighted by molar-refractivity contribution is 0.631. The van der Waals surface area contributed by atoms with E-state index < -0.39 is 0 Å². The average Bonchev–Trinajstić information content (AvgIpc) is 2.73. The molecular formula is C22H14FN5. The molecule has 0 spiro atoms. The van der Waals surface area contributed by atoms with Crippen LogP contribution in [0.5, 0.6) is 0 Å². The minimum absolute atomic E-state index is 0.329. The van der Waals surface area contributed by atoms with Gasteiger partial charge in [-0.15, -0.1) is 0 Å². The maximum absolute atomic E-state index is 14.4. The fraction of sp³-hybridized carbons (Fsp3) is 0. The van der Waals surface area contributed by atoms with E-state index in [1.54, 1.807) is 36.8 Å². The molecule has 5 nitrogen and oxygen atoms in total. The highest BCUT2D eigenvalue weighted by Gasteiger charge is 2.15. The molecule has 0 saturated heterocycles. The van der Waals surface area contributed by atoms with Gasteiger partial charge in [0, 0.05) is 34.9 Å². The van der Waals surface area contributed by atoms with Crippen molar-refractivity contribution in [2.24, 2.45) is 0 Å². The van der Waals surface area contributed by atoms with E-state index in [9.17, 15) is 4.39 Å². The molecule has 0 bridgehead atoms. The summed E-state index contributed by atoms with van der Waals surface area (Å²) in [5.74, 6) is 0.0365. The monoisotopic (exact) mass is 367 g/mol. The van der Waals surface area contributed by atoms with Gasteiger partial charge in [-0.1, -0.05) is 12.1 Å². The Morgan fingerprint density at radius 1 is 0.714 bits per heavy atom. The summed E-state index contributed by atoms with van der Waals surface area (Å²) in [5, 5.41) is 1.73. The van der Waals surface area contributed by atoms with Crippen LogP contribution < -0.4 is 5.73 Å². The van der Waals surface area contributed by atoms with Crippen LogP contribution in [0, 0.1) is 5.82 Å². The third-order valence-corrected chi connectivity index (χ3v) is 4.71. The van der Waals surface area contributed by atoms with Crippen LogP contribution in [-0.2, 0) is 0 Å². The van der Waals surface area contributed by atoms with Crippen molar-refractivity contribution in [3.8, 4) is 22.4 Å². The van der Waals surface area contributed by atoms with Crippen LogP contribution in [0.15, 0.2) is 73.2 Å². The van der Waals surface area contributed by atoms with Gasteiger partial charge in [-0.2, -0.15) is 0 Å². The number of hydrogen-bond acceptors (Lipinski definition) is 5. The summed E-state index contributed by atoms with van der Waals surface area (Å²) in [6, 6.07) is 16.1. The number of benzene rings is 1. The number of anilines is 1. The van der Waals surface area contributed by atoms with Crippen molar-refractivity contribution >= 4 is 27.8 Å². The highest BCUT2D eigenvalue weighted by atomic mass is 19.1. The molecule has 0 aliphatic rings. The summed E-state index contributed by atoms with van der Waals surface area (Å²) in [6.07, 6.45) is 5.03. The van der Waals surface area contributed by atoms with Crippen LogP contribution >= 0.6 is 0 Å². The first kappa shape index (κ1) is 16.3. The van der Waals surface area contributed by atoms with Crippen molar-refractivity contribution in [2.45, 2.75) is 0 Å². The summed E-state index contributed by atoms with van der Waals surface area (Å²) >= 11 is 0. The van der Waals surface area contributed by atoms with Crippen molar-refractivity contribution in [1.29, 1.82) is 0 Å². The molecular weight excluding hydrogens is 353 g/mol. The molecule has 5 rings (SSSR count). The summed E-state index contributed by atoms with van der Waals surface area (Å²) in [7, 11) is 0. The zero-order valence-corrected chi connectivity index (χ0v) is 14.7. The maximum atomic E-state index is 14.4. The molecule has 0 atom stereocenters. The third kappa shape index (κ3) is 2.54. The lowest BCUT2D eigenvalue weighted by atomic mass is 9.97. The quantitative estimate of drug-likeness (QED) is 0.492. The number of nitrogen functional groups attached to an aromatic ring is 1.